The first-order valence-corrected chi connectivity index (χ1v) is 6.12. The number of ether oxygens (including phenoxy) is 2. The van der Waals surface area contributed by atoms with Crippen molar-refractivity contribution in [1.29, 1.82) is 0 Å². The highest BCUT2D eigenvalue weighted by molar-refractivity contribution is 5.70. The SMILES string of the molecule is CCCCOC(=O)CCCCC(=O)OCCO. The van der Waals surface area contributed by atoms with Crippen LogP contribution in [0.25, 0.3) is 0 Å². The molecule has 0 saturated carbocycles. The molecule has 0 aromatic rings. The molecular formula is C12H22O5. The number of carbonyl (C=O) groups is 2. The first-order valence-electron chi connectivity index (χ1n) is 6.12. The van der Waals surface area contributed by atoms with E-state index >= 15 is 0 Å². The van der Waals surface area contributed by atoms with Crippen molar-refractivity contribution < 1.29 is 24.2 Å². The smallest absolute Gasteiger partial charge is 0.305 e. The number of hydrogen-bond donors (Lipinski definition) is 1. The summed E-state index contributed by atoms with van der Waals surface area (Å²) < 4.78 is 9.64. The Morgan fingerprint density at radius 2 is 1.47 bits per heavy atom. The van der Waals surface area contributed by atoms with Crippen LogP contribution in [0.15, 0.2) is 0 Å². The number of aliphatic hydroxyl groups excluding tert-OH is 1. The van der Waals surface area contributed by atoms with Gasteiger partial charge in [0, 0.05) is 12.8 Å². The normalized spacial score (nSPS) is 10.0. The summed E-state index contributed by atoms with van der Waals surface area (Å²) in [6.07, 6.45) is 3.74. The average Bonchev–Trinajstić information content (AvgIpc) is 2.32. The molecule has 5 heteroatoms. The Balaban J connectivity index is 3.32. The fourth-order valence-electron chi connectivity index (χ4n) is 1.17. The molecule has 0 unspecified atom stereocenters. The highest BCUT2D eigenvalue weighted by Gasteiger charge is 2.05. The van der Waals surface area contributed by atoms with E-state index in [4.69, 9.17) is 9.84 Å². The van der Waals surface area contributed by atoms with E-state index in [1.165, 1.54) is 0 Å². The second-order valence-corrected chi connectivity index (χ2v) is 3.73. The van der Waals surface area contributed by atoms with Crippen molar-refractivity contribution in [3.8, 4) is 0 Å². The largest absolute Gasteiger partial charge is 0.466 e. The lowest BCUT2D eigenvalue weighted by Gasteiger charge is -2.04. The fourth-order valence-corrected chi connectivity index (χ4v) is 1.17. The third-order valence-corrected chi connectivity index (χ3v) is 2.13. The van der Waals surface area contributed by atoms with Crippen molar-refractivity contribution in [3.05, 3.63) is 0 Å². The first-order chi connectivity index (χ1) is 8.20. The zero-order valence-corrected chi connectivity index (χ0v) is 10.4. The van der Waals surface area contributed by atoms with Gasteiger partial charge in [0.25, 0.3) is 0 Å². The van der Waals surface area contributed by atoms with Gasteiger partial charge >= 0.3 is 11.9 Å². The summed E-state index contributed by atoms with van der Waals surface area (Å²) in [5.74, 6) is -0.541. The third-order valence-electron chi connectivity index (χ3n) is 2.13. The van der Waals surface area contributed by atoms with Crippen LogP contribution in [0.4, 0.5) is 0 Å². The Morgan fingerprint density at radius 1 is 0.941 bits per heavy atom. The summed E-state index contributed by atoms with van der Waals surface area (Å²) in [7, 11) is 0. The van der Waals surface area contributed by atoms with Crippen LogP contribution in [0.3, 0.4) is 0 Å². The van der Waals surface area contributed by atoms with Gasteiger partial charge in [0.1, 0.15) is 6.61 Å². The van der Waals surface area contributed by atoms with Crippen molar-refractivity contribution in [2.24, 2.45) is 0 Å². The minimum absolute atomic E-state index is 0.0396. The fraction of sp³-hybridized carbons (Fsp3) is 0.833. The molecule has 0 bridgehead atoms. The Labute approximate surface area is 102 Å². The van der Waals surface area contributed by atoms with Crippen molar-refractivity contribution in [1.82, 2.24) is 0 Å². The topological polar surface area (TPSA) is 72.8 Å². The van der Waals surface area contributed by atoms with E-state index < -0.39 is 0 Å². The van der Waals surface area contributed by atoms with Crippen LogP contribution in [-0.4, -0.2) is 36.9 Å². The van der Waals surface area contributed by atoms with E-state index in [0.29, 0.717) is 25.9 Å². The molecule has 0 aromatic carbocycles. The van der Waals surface area contributed by atoms with Crippen molar-refractivity contribution >= 4 is 11.9 Å². The second-order valence-electron chi connectivity index (χ2n) is 3.73. The number of hydrogen-bond acceptors (Lipinski definition) is 5. The molecule has 0 aromatic heterocycles. The van der Waals surface area contributed by atoms with E-state index in [1.54, 1.807) is 0 Å². The number of rotatable bonds is 10. The van der Waals surface area contributed by atoms with E-state index in [1.807, 2.05) is 6.92 Å². The summed E-state index contributed by atoms with van der Waals surface area (Å²) in [6.45, 7) is 2.40. The lowest BCUT2D eigenvalue weighted by molar-refractivity contribution is -0.146. The molecule has 0 fully saturated rings. The minimum Gasteiger partial charge on any atom is -0.466 e. The average molecular weight is 246 g/mol. The van der Waals surface area contributed by atoms with Gasteiger partial charge in [-0.1, -0.05) is 13.3 Å². The van der Waals surface area contributed by atoms with Crippen LogP contribution in [0.2, 0.25) is 0 Å². The Kier molecular flexibility index (Phi) is 10.7. The third kappa shape index (κ3) is 11.2. The lowest BCUT2D eigenvalue weighted by Crippen LogP contribution is -2.09. The Hall–Kier alpha value is -1.10. The van der Waals surface area contributed by atoms with Crippen LogP contribution in [-0.2, 0) is 19.1 Å². The Bertz CT molecular complexity index is 215. The molecule has 0 radical (unpaired) electrons. The van der Waals surface area contributed by atoms with Crippen LogP contribution in [0.5, 0.6) is 0 Å². The van der Waals surface area contributed by atoms with Gasteiger partial charge in [-0.05, 0) is 19.3 Å². The second kappa shape index (κ2) is 11.4. The summed E-state index contributed by atoms with van der Waals surface area (Å²) in [6, 6.07) is 0. The van der Waals surface area contributed by atoms with Crippen LogP contribution >= 0.6 is 0 Å². The quantitative estimate of drug-likeness (QED) is 0.466. The van der Waals surface area contributed by atoms with Gasteiger partial charge in [-0.15, -0.1) is 0 Å². The monoisotopic (exact) mass is 246 g/mol. The van der Waals surface area contributed by atoms with E-state index in [2.05, 4.69) is 4.74 Å². The predicted molar refractivity (Wildman–Crippen MR) is 62.4 cm³/mol. The molecule has 0 aliphatic heterocycles. The molecule has 0 aliphatic carbocycles. The molecule has 17 heavy (non-hydrogen) atoms. The molecule has 0 spiro atoms. The first kappa shape index (κ1) is 15.9. The number of aliphatic hydroxyl groups is 1. The summed E-state index contributed by atoms with van der Waals surface area (Å²) in [5, 5.41) is 8.42. The molecular weight excluding hydrogens is 224 g/mol. The molecule has 0 amide bonds. The zero-order valence-electron chi connectivity index (χ0n) is 10.4. The molecule has 0 aliphatic rings. The molecule has 0 rings (SSSR count). The van der Waals surface area contributed by atoms with Gasteiger partial charge in [-0.3, -0.25) is 9.59 Å². The molecule has 0 saturated heterocycles. The summed E-state index contributed by atoms with van der Waals surface area (Å²) >= 11 is 0. The molecule has 5 nitrogen and oxygen atoms in total. The van der Waals surface area contributed by atoms with Gasteiger partial charge in [0.2, 0.25) is 0 Å². The van der Waals surface area contributed by atoms with Crippen molar-refractivity contribution in [3.63, 3.8) is 0 Å². The maximum Gasteiger partial charge on any atom is 0.305 e. The van der Waals surface area contributed by atoms with E-state index in [-0.39, 0.29) is 31.6 Å². The summed E-state index contributed by atoms with van der Waals surface area (Å²) in [5.41, 5.74) is 0. The van der Waals surface area contributed by atoms with Gasteiger partial charge in [0.05, 0.1) is 13.2 Å². The lowest BCUT2D eigenvalue weighted by atomic mass is 10.2. The molecule has 100 valence electrons. The predicted octanol–water partition coefficient (Wildman–Crippen LogP) is 1.43. The van der Waals surface area contributed by atoms with Gasteiger partial charge < -0.3 is 14.6 Å². The van der Waals surface area contributed by atoms with E-state index in [9.17, 15) is 9.59 Å². The molecule has 0 heterocycles. The number of esters is 2. The van der Waals surface area contributed by atoms with Crippen molar-refractivity contribution in [2.75, 3.05) is 19.8 Å². The zero-order chi connectivity index (χ0) is 12.9. The standard InChI is InChI=1S/C12H22O5/c1-2-3-9-16-11(14)6-4-5-7-12(15)17-10-8-13/h13H,2-10H2,1H3. The molecule has 1 N–H and O–H groups in total. The number of unbranched alkanes of at least 4 members (excludes halogenated alkanes) is 2. The van der Waals surface area contributed by atoms with Gasteiger partial charge in [-0.25, -0.2) is 0 Å². The molecule has 0 atom stereocenters. The van der Waals surface area contributed by atoms with E-state index in [0.717, 1.165) is 12.8 Å². The minimum atomic E-state index is -0.335. The highest BCUT2D eigenvalue weighted by atomic mass is 16.5. The maximum absolute atomic E-state index is 11.2. The van der Waals surface area contributed by atoms with Crippen LogP contribution < -0.4 is 0 Å². The maximum atomic E-state index is 11.2. The number of carbonyl (C=O) groups excluding carboxylic acids is 2. The van der Waals surface area contributed by atoms with Crippen LogP contribution in [0, 0.1) is 0 Å². The van der Waals surface area contributed by atoms with Gasteiger partial charge in [-0.2, -0.15) is 0 Å². The van der Waals surface area contributed by atoms with Crippen LogP contribution in [0.1, 0.15) is 45.4 Å². The Morgan fingerprint density at radius 3 is 1.94 bits per heavy atom. The highest BCUT2D eigenvalue weighted by Crippen LogP contribution is 2.03. The van der Waals surface area contributed by atoms with Crippen molar-refractivity contribution in [2.45, 2.75) is 45.4 Å². The van der Waals surface area contributed by atoms with Gasteiger partial charge in [0.15, 0.2) is 0 Å². The summed E-state index contributed by atoms with van der Waals surface area (Å²) in [4.78, 5) is 22.2.